The van der Waals surface area contributed by atoms with Crippen molar-refractivity contribution in [1.29, 1.82) is 0 Å². The first kappa shape index (κ1) is 74.1. The van der Waals surface area contributed by atoms with Gasteiger partial charge in [0.15, 0.2) is 5.78 Å². The Morgan fingerprint density at radius 3 is 1.17 bits per heavy atom. The molecule has 2 saturated carbocycles. The fourth-order valence-corrected chi connectivity index (χ4v) is 30.3. The molecule has 18 aromatic carbocycles. The minimum Gasteiger partial charge on any atom is -0.469 e. The van der Waals surface area contributed by atoms with E-state index in [0.29, 0.717) is 38.1 Å². The third-order valence-electron chi connectivity index (χ3n) is 34.6. The smallest absolute Gasteiger partial charge is 0.305 e. The lowest BCUT2D eigenvalue weighted by atomic mass is 9.70. The Hall–Kier alpha value is -12.2. The van der Waals surface area contributed by atoms with Gasteiger partial charge in [-0.1, -0.05) is 259 Å². The Morgan fingerprint density at radius 1 is 0.389 bits per heavy atom. The van der Waals surface area contributed by atoms with Gasteiger partial charge in [0.1, 0.15) is 12.4 Å². The molecule has 2 spiro atoms. The maximum absolute atomic E-state index is 13.1. The number of aliphatic hydroxyl groups excluding tert-OH is 1. The summed E-state index contributed by atoms with van der Waals surface area (Å²) in [6, 6.07) is 68.5. The van der Waals surface area contributed by atoms with E-state index < -0.39 is 0 Å². The molecule has 0 heterocycles. The maximum atomic E-state index is 13.1. The van der Waals surface area contributed by atoms with Crippen molar-refractivity contribution >= 4 is 176 Å². The van der Waals surface area contributed by atoms with Crippen LogP contribution in [0, 0.1) is 10.8 Å². The number of allylic oxidation sites excluding steroid dienone is 6. The van der Waals surface area contributed by atoms with Gasteiger partial charge in [0.05, 0.1) is 13.7 Å². The van der Waals surface area contributed by atoms with E-state index in [1.165, 1.54) is 128 Å². The minimum absolute atomic E-state index is 0.0449. The number of esters is 2. The summed E-state index contributed by atoms with van der Waals surface area (Å²) in [4.78, 5) is 47.5. The molecule has 0 saturated heterocycles. The molecule has 12 aliphatic carbocycles. The molecule has 0 aromatic heterocycles. The van der Waals surface area contributed by atoms with Crippen LogP contribution in [0.4, 0.5) is 0 Å². The monoisotopic (exact) mass is 1640 g/mol. The van der Waals surface area contributed by atoms with E-state index in [1.807, 2.05) is 24.3 Å². The Labute approximate surface area is 732 Å². The number of ether oxygens (including phenoxy) is 2. The van der Waals surface area contributed by atoms with Crippen molar-refractivity contribution in [1.82, 2.24) is 0 Å². The zero-order valence-electron chi connectivity index (χ0n) is 72.8. The number of unbranched alkanes of at least 4 members (excludes halogenated alkanes) is 1. The molecule has 30 rings (SSSR count). The van der Waals surface area contributed by atoms with E-state index >= 15 is 0 Å². The Kier molecular flexibility index (Phi) is 14.7. The number of rotatable bonds is 24. The molecule has 126 heavy (non-hydrogen) atoms. The second-order valence-corrected chi connectivity index (χ2v) is 41.1. The van der Waals surface area contributed by atoms with Gasteiger partial charge in [-0.3, -0.25) is 14.4 Å². The molecule has 0 radical (unpaired) electrons. The molecule has 1 N–H and O–H groups in total. The minimum atomic E-state index is -0.328. The van der Waals surface area contributed by atoms with Crippen molar-refractivity contribution in [3.8, 4) is 0 Å². The summed E-state index contributed by atoms with van der Waals surface area (Å²) in [5.41, 5.74) is 29.3. The fourth-order valence-electron chi connectivity index (χ4n) is 30.3. The number of aliphatic hydroxyl groups is 1. The number of methoxy groups -OCH3 is 1. The van der Waals surface area contributed by atoms with E-state index in [9.17, 15) is 19.2 Å². The molecule has 18 aromatic rings. The Bertz CT molecular complexity index is 8090. The van der Waals surface area contributed by atoms with Crippen molar-refractivity contribution in [2.75, 3.05) is 20.3 Å². The number of benzene rings is 16. The Balaban J connectivity index is 0.0000000990. The highest BCUT2D eigenvalue weighted by Crippen LogP contribution is 2.93. The summed E-state index contributed by atoms with van der Waals surface area (Å²) in [5.74, 6) is 0.0716. The summed E-state index contributed by atoms with van der Waals surface area (Å²) in [6.45, 7) is 12.9. The molecular formula is C119H98O7. The van der Waals surface area contributed by atoms with E-state index in [4.69, 9.17) is 14.6 Å². The van der Waals surface area contributed by atoms with E-state index in [0.717, 1.165) is 89.9 Å². The Morgan fingerprint density at radius 2 is 0.762 bits per heavy atom. The van der Waals surface area contributed by atoms with Gasteiger partial charge in [-0.25, -0.2) is 0 Å². The van der Waals surface area contributed by atoms with Crippen LogP contribution in [0.15, 0.2) is 206 Å². The highest BCUT2D eigenvalue weighted by Gasteiger charge is 2.91. The summed E-state index contributed by atoms with van der Waals surface area (Å²) in [6.07, 6.45) is 31.2. The van der Waals surface area contributed by atoms with Gasteiger partial charge in [0.2, 0.25) is 0 Å². The normalized spacial score (nSPS) is 22.4. The molecule has 7 nitrogen and oxygen atoms in total. The number of Topliss-reactive ketones (excluding diaryl/α,β-unsaturated/α-hetero) is 2. The molecule has 6 atom stereocenters. The number of carbonyl (C=O) groups is 4. The number of ketones is 2. The molecule has 6 unspecified atom stereocenters. The van der Waals surface area contributed by atoms with Gasteiger partial charge in [-0.05, 0) is 342 Å². The second-order valence-electron chi connectivity index (χ2n) is 41.1. The standard InChI is InChI=1S/C47H32O2.C44H26O2.C14H20O2.C14H20O/c1-2-3-16-49-31(48)10-7-14-46(30-8-5-4-6-9-30)45-15-13-25-19-28-20-26-17-23-11-12-24-18-27-21-29(22-45)37-36(27)39-33(24)32(23)38-34(26)35(28)41-42(40(38)39)44(37)47(45,46)43(25)41;1-46-28(45)8-5-12-43(27-6-3-2-4-7-27)42-13-11-22-16-25-17-23-14-20-9-10-21-15-24-18-26(19-42)34-33(24)36-30(21)29(20)35-31(23)32(25)38-39(37(35)36)41(34)44(42,43)40(22)38;1-14(2,10-6-9-13(16)11-15)12-7-4-3-5-8-12;1-12(15)8-7-11-14(2,3)13-9-5-4-6-10-13/h4-6,8-9,11-13,15,17-19,22H,2-3,7,10,14,16,20-21H2,1H3;2-4,6-7,9-11,13-16,19H,5,8,12,17-18H2,1H3;3-5,7-8,15H,6,9-11H2,1-2H3;4-6,9-10H,7-8,11H2,1-3H3. The summed E-state index contributed by atoms with van der Waals surface area (Å²) in [5, 5.41) is 45.1. The lowest BCUT2D eigenvalue weighted by Gasteiger charge is -2.31. The fraction of sp³-hybridized carbons (Fsp3) is 0.294. The average molecular weight is 1640 g/mol. The molecule has 7 heteroatoms. The number of hydrogen-bond acceptors (Lipinski definition) is 7. The van der Waals surface area contributed by atoms with Crippen LogP contribution in [0.5, 0.6) is 0 Å². The quantitative estimate of drug-likeness (QED) is 0.0365. The van der Waals surface area contributed by atoms with Crippen molar-refractivity contribution in [3.05, 3.63) is 306 Å². The van der Waals surface area contributed by atoms with E-state index in [2.05, 4.69) is 229 Å². The van der Waals surface area contributed by atoms with Gasteiger partial charge in [-0.15, -0.1) is 0 Å². The lowest BCUT2D eigenvalue weighted by Crippen LogP contribution is -2.25. The summed E-state index contributed by atoms with van der Waals surface area (Å²) in [7, 11) is 1.52. The van der Waals surface area contributed by atoms with Crippen LogP contribution < -0.4 is 0 Å². The van der Waals surface area contributed by atoms with Crippen LogP contribution in [0.2, 0.25) is 0 Å². The largest absolute Gasteiger partial charge is 0.469 e. The van der Waals surface area contributed by atoms with Gasteiger partial charge < -0.3 is 19.4 Å². The SMILES string of the molecule is CC(=O)CCCC(C)(C)c1ccccc1.CC(C)(CCCC(=O)CO)c1ccccc1.CCCCOC(=O)CCCC1(c2ccccc2)C23C=Cc4cc5c6c7c4C21c1c2c4c(cc8ccc9cc(c6c6c9c8c4c6c17)C5)CC2=C3.COC(=O)CCCC1(c2ccccc2)C23C=Cc4cc5c6c7c4C21c1c2c4c(cc8ccc9cc(c6c6c9c8c4c6c17)C5)CC2=C3. The number of hydrogen-bond donors (Lipinski definition) is 1. The first-order valence-electron chi connectivity index (χ1n) is 46.9. The van der Waals surface area contributed by atoms with Crippen molar-refractivity contribution in [2.45, 2.75) is 190 Å². The predicted molar refractivity (Wildman–Crippen MR) is 515 cm³/mol. The van der Waals surface area contributed by atoms with Crippen LogP contribution >= 0.6 is 0 Å². The first-order valence-corrected chi connectivity index (χ1v) is 46.9. The van der Waals surface area contributed by atoms with Crippen LogP contribution in [0.3, 0.4) is 0 Å². The lowest BCUT2D eigenvalue weighted by molar-refractivity contribution is -0.144. The average Bonchev–Trinajstić information content (AvgIpc) is 1.40. The van der Waals surface area contributed by atoms with E-state index in [1.54, 1.807) is 126 Å². The third-order valence-corrected chi connectivity index (χ3v) is 34.6. The first-order chi connectivity index (χ1) is 61.4. The highest BCUT2D eigenvalue weighted by molar-refractivity contribution is 6.54. The topological polar surface area (TPSA) is 107 Å². The van der Waals surface area contributed by atoms with Crippen molar-refractivity contribution in [2.24, 2.45) is 10.8 Å². The molecule has 0 amide bonds. The van der Waals surface area contributed by atoms with Gasteiger partial charge in [0.25, 0.3) is 0 Å². The zero-order chi connectivity index (χ0) is 84.7. The highest BCUT2D eigenvalue weighted by atomic mass is 16.5. The molecule has 2 fully saturated rings. The molecule has 0 bridgehead atoms. The van der Waals surface area contributed by atoms with Crippen molar-refractivity contribution < 1.29 is 33.8 Å². The van der Waals surface area contributed by atoms with Crippen LogP contribution in [-0.2, 0) is 86.8 Å². The van der Waals surface area contributed by atoms with E-state index in [-0.39, 0.29) is 67.6 Å². The van der Waals surface area contributed by atoms with Crippen LogP contribution in [0.25, 0.3) is 153 Å². The summed E-state index contributed by atoms with van der Waals surface area (Å²) < 4.78 is 10.9. The number of carbonyl (C=O) groups excluding carboxylic acids is 4. The predicted octanol–water partition coefficient (Wildman–Crippen LogP) is 27.0. The molecule has 0 aliphatic heterocycles. The zero-order valence-corrected chi connectivity index (χ0v) is 72.8. The van der Waals surface area contributed by atoms with Gasteiger partial charge >= 0.3 is 11.9 Å². The van der Waals surface area contributed by atoms with Crippen LogP contribution in [0.1, 0.15) is 232 Å². The van der Waals surface area contributed by atoms with Crippen LogP contribution in [-0.4, -0.2) is 48.9 Å². The van der Waals surface area contributed by atoms with Gasteiger partial charge in [0, 0.05) is 58.2 Å². The second kappa shape index (κ2) is 25.0. The summed E-state index contributed by atoms with van der Waals surface area (Å²) >= 11 is 0. The van der Waals surface area contributed by atoms with Gasteiger partial charge in [-0.2, -0.15) is 0 Å². The molecule has 12 aliphatic rings. The molecule has 616 valence electrons. The van der Waals surface area contributed by atoms with Crippen molar-refractivity contribution in [3.63, 3.8) is 0 Å². The third kappa shape index (κ3) is 8.47. The maximum Gasteiger partial charge on any atom is 0.305 e. The molecular weight excluding hydrogens is 1540 g/mol.